The van der Waals surface area contributed by atoms with Crippen LogP contribution < -0.4 is 5.73 Å². The summed E-state index contributed by atoms with van der Waals surface area (Å²) < 4.78 is 5.08. The average Bonchev–Trinajstić information content (AvgIpc) is 2.02. The molecule has 1 rings (SSSR count). The van der Waals surface area contributed by atoms with Gasteiger partial charge in [0.25, 0.3) is 0 Å². The van der Waals surface area contributed by atoms with Crippen LogP contribution in [0.5, 0.6) is 0 Å². The minimum atomic E-state index is -0.528. The van der Waals surface area contributed by atoms with Crippen LogP contribution in [0, 0.1) is 0 Å². The molecule has 1 aromatic heterocycles. The Morgan fingerprint density at radius 3 is 2.43 bits per heavy atom. The van der Waals surface area contributed by atoms with Gasteiger partial charge in [0.15, 0.2) is 5.69 Å². The molecule has 0 aliphatic rings. The molecule has 1 aromatic rings. The van der Waals surface area contributed by atoms with Crippen molar-refractivity contribution in [2.24, 2.45) is 0 Å². The molecule has 5 nitrogen and oxygen atoms in total. The lowest BCUT2D eigenvalue weighted by Crippen LogP contribution is -2.24. The van der Waals surface area contributed by atoms with Crippen molar-refractivity contribution in [2.45, 2.75) is 26.4 Å². The van der Waals surface area contributed by atoms with Crippen molar-refractivity contribution in [1.29, 1.82) is 0 Å². The summed E-state index contributed by atoms with van der Waals surface area (Å²) in [6, 6.07) is 2.99. The summed E-state index contributed by atoms with van der Waals surface area (Å²) in [5.41, 5.74) is 4.96. The molecule has 0 bridgehead atoms. The Morgan fingerprint density at radius 2 is 2.00 bits per heavy atom. The number of hydrogen-bond donors (Lipinski definition) is 1. The Labute approximate surface area is 82.3 Å². The minimum absolute atomic E-state index is 0.161. The zero-order valence-electron chi connectivity index (χ0n) is 8.44. The van der Waals surface area contributed by atoms with Crippen molar-refractivity contribution in [1.82, 2.24) is 10.2 Å². The van der Waals surface area contributed by atoms with Crippen molar-refractivity contribution in [3.05, 3.63) is 17.8 Å². The SMILES string of the molecule is CC(C)(C)OC(=O)c1ccc(N)nn1. The molecule has 0 atom stereocenters. The summed E-state index contributed by atoms with van der Waals surface area (Å²) >= 11 is 0. The predicted molar refractivity (Wildman–Crippen MR) is 51.6 cm³/mol. The van der Waals surface area contributed by atoms with Crippen LogP contribution in [-0.2, 0) is 4.74 Å². The summed E-state index contributed by atoms with van der Waals surface area (Å²) in [5.74, 6) is -0.220. The first-order valence-corrected chi connectivity index (χ1v) is 4.21. The van der Waals surface area contributed by atoms with Crippen LogP contribution >= 0.6 is 0 Å². The van der Waals surface area contributed by atoms with Gasteiger partial charge in [-0.05, 0) is 32.9 Å². The van der Waals surface area contributed by atoms with Crippen LogP contribution in [-0.4, -0.2) is 21.8 Å². The molecule has 0 aliphatic heterocycles. The van der Waals surface area contributed by atoms with Gasteiger partial charge in [0, 0.05) is 0 Å². The Hall–Kier alpha value is -1.65. The van der Waals surface area contributed by atoms with E-state index in [9.17, 15) is 4.79 Å². The second kappa shape index (κ2) is 3.61. The number of nitrogens with zero attached hydrogens (tertiary/aromatic N) is 2. The molecule has 0 unspecified atom stereocenters. The minimum Gasteiger partial charge on any atom is -0.455 e. The van der Waals surface area contributed by atoms with E-state index in [2.05, 4.69) is 10.2 Å². The Bertz CT molecular complexity index is 327. The smallest absolute Gasteiger partial charge is 0.359 e. The number of nitrogens with two attached hydrogens (primary N) is 1. The van der Waals surface area contributed by atoms with Gasteiger partial charge in [0.1, 0.15) is 11.4 Å². The van der Waals surface area contributed by atoms with E-state index >= 15 is 0 Å². The Kier molecular flexibility index (Phi) is 2.69. The van der Waals surface area contributed by atoms with Crippen molar-refractivity contribution < 1.29 is 9.53 Å². The fourth-order valence-corrected chi connectivity index (χ4v) is 0.782. The molecule has 1 heterocycles. The topological polar surface area (TPSA) is 78.1 Å². The number of anilines is 1. The number of esters is 1. The highest BCUT2D eigenvalue weighted by Gasteiger charge is 2.18. The summed E-state index contributed by atoms with van der Waals surface area (Å²) in [6.45, 7) is 5.36. The van der Waals surface area contributed by atoms with Crippen LogP contribution in [0.2, 0.25) is 0 Å². The highest BCUT2D eigenvalue weighted by molar-refractivity contribution is 5.87. The summed E-state index contributed by atoms with van der Waals surface area (Å²) in [4.78, 5) is 11.4. The van der Waals surface area contributed by atoms with Gasteiger partial charge in [-0.3, -0.25) is 0 Å². The lowest BCUT2D eigenvalue weighted by molar-refractivity contribution is 0.00617. The maximum atomic E-state index is 11.4. The van der Waals surface area contributed by atoms with E-state index in [1.165, 1.54) is 12.1 Å². The van der Waals surface area contributed by atoms with Crippen LogP contribution in [0.1, 0.15) is 31.3 Å². The number of carbonyl (C=O) groups excluding carboxylic acids is 1. The maximum absolute atomic E-state index is 11.4. The van der Waals surface area contributed by atoms with Crippen molar-refractivity contribution in [3.63, 3.8) is 0 Å². The van der Waals surface area contributed by atoms with E-state index in [-0.39, 0.29) is 11.5 Å². The molecular weight excluding hydrogens is 182 g/mol. The fraction of sp³-hybridized carbons (Fsp3) is 0.444. The third kappa shape index (κ3) is 3.01. The molecule has 14 heavy (non-hydrogen) atoms. The third-order valence-corrected chi connectivity index (χ3v) is 1.29. The molecule has 0 aliphatic carbocycles. The van der Waals surface area contributed by atoms with Gasteiger partial charge in [0.05, 0.1) is 0 Å². The molecule has 0 amide bonds. The van der Waals surface area contributed by atoms with Crippen LogP contribution in [0.15, 0.2) is 12.1 Å². The highest BCUT2D eigenvalue weighted by atomic mass is 16.6. The lowest BCUT2D eigenvalue weighted by Gasteiger charge is -2.18. The van der Waals surface area contributed by atoms with Crippen molar-refractivity contribution >= 4 is 11.8 Å². The Morgan fingerprint density at radius 1 is 1.36 bits per heavy atom. The average molecular weight is 195 g/mol. The zero-order valence-corrected chi connectivity index (χ0v) is 8.44. The standard InChI is InChI=1S/C9H13N3O2/c1-9(2,3)14-8(13)6-4-5-7(10)12-11-6/h4-5H,1-3H3,(H2,10,12). The number of aromatic nitrogens is 2. The largest absolute Gasteiger partial charge is 0.455 e. The monoisotopic (exact) mass is 195 g/mol. The van der Waals surface area contributed by atoms with E-state index < -0.39 is 11.6 Å². The van der Waals surface area contributed by atoms with Gasteiger partial charge in [-0.2, -0.15) is 0 Å². The van der Waals surface area contributed by atoms with E-state index in [0.29, 0.717) is 0 Å². The molecular formula is C9H13N3O2. The zero-order chi connectivity index (χ0) is 10.8. The lowest BCUT2D eigenvalue weighted by atomic mass is 10.2. The predicted octanol–water partition coefficient (Wildman–Crippen LogP) is 1.01. The maximum Gasteiger partial charge on any atom is 0.359 e. The number of carbonyl (C=O) groups is 1. The van der Waals surface area contributed by atoms with Crippen LogP contribution in [0.4, 0.5) is 5.82 Å². The normalized spacial score (nSPS) is 11.1. The number of ether oxygens (including phenoxy) is 1. The number of nitrogen functional groups attached to an aromatic ring is 1. The van der Waals surface area contributed by atoms with Gasteiger partial charge in [-0.15, -0.1) is 10.2 Å². The molecule has 0 saturated carbocycles. The van der Waals surface area contributed by atoms with Crippen molar-refractivity contribution in [3.8, 4) is 0 Å². The number of hydrogen-bond acceptors (Lipinski definition) is 5. The van der Waals surface area contributed by atoms with Gasteiger partial charge in [-0.25, -0.2) is 4.79 Å². The Balaban J connectivity index is 2.76. The molecule has 0 spiro atoms. The van der Waals surface area contributed by atoms with E-state index in [1.807, 2.05) is 0 Å². The van der Waals surface area contributed by atoms with E-state index in [0.717, 1.165) is 0 Å². The fourth-order valence-electron chi connectivity index (χ4n) is 0.782. The van der Waals surface area contributed by atoms with E-state index in [4.69, 9.17) is 10.5 Å². The molecule has 0 saturated heterocycles. The quantitative estimate of drug-likeness (QED) is 0.677. The number of rotatable bonds is 1. The summed E-state index contributed by atoms with van der Waals surface area (Å²) in [6.07, 6.45) is 0. The molecule has 76 valence electrons. The van der Waals surface area contributed by atoms with Crippen LogP contribution in [0.25, 0.3) is 0 Å². The summed E-state index contributed by atoms with van der Waals surface area (Å²) in [7, 11) is 0. The van der Waals surface area contributed by atoms with Crippen LogP contribution in [0.3, 0.4) is 0 Å². The van der Waals surface area contributed by atoms with Gasteiger partial charge < -0.3 is 10.5 Å². The van der Waals surface area contributed by atoms with Gasteiger partial charge in [-0.1, -0.05) is 0 Å². The molecule has 2 N–H and O–H groups in total. The summed E-state index contributed by atoms with van der Waals surface area (Å²) in [5, 5.41) is 7.17. The molecule has 0 aromatic carbocycles. The van der Waals surface area contributed by atoms with Crippen molar-refractivity contribution in [2.75, 3.05) is 5.73 Å². The first-order valence-electron chi connectivity index (χ1n) is 4.21. The van der Waals surface area contributed by atoms with Gasteiger partial charge in [0.2, 0.25) is 0 Å². The first-order chi connectivity index (χ1) is 6.38. The third-order valence-electron chi connectivity index (χ3n) is 1.29. The molecule has 5 heteroatoms. The van der Waals surface area contributed by atoms with E-state index in [1.54, 1.807) is 20.8 Å². The second-order valence-corrected chi connectivity index (χ2v) is 3.85. The highest BCUT2D eigenvalue weighted by Crippen LogP contribution is 2.10. The second-order valence-electron chi connectivity index (χ2n) is 3.85. The van der Waals surface area contributed by atoms with Gasteiger partial charge >= 0.3 is 5.97 Å². The molecule has 0 fully saturated rings. The molecule has 0 radical (unpaired) electrons. The first kappa shape index (κ1) is 10.4.